The van der Waals surface area contributed by atoms with E-state index in [1.54, 1.807) is 12.2 Å². The Bertz CT molecular complexity index is 815. The van der Waals surface area contributed by atoms with Crippen molar-refractivity contribution in [1.29, 1.82) is 0 Å². The number of rotatable bonds is 2. The normalized spacial score (nSPS) is 55.1. The number of Topliss-reactive ketones (excluding diaryl/α,β-unsaturated/α-hetero) is 1. The monoisotopic (exact) mass is 374 g/mol. The van der Waals surface area contributed by atoms with Gasteiger partial charge in [0.25, 0.3) is 0 Å². The third kappa shape index (κ3) is 1.73. The van der Waals surface area contributed by atoms with Crippen LogP contribution in [0.2, 0.25) is 0 Å². The summed E-state index contributed by atoms with van der Waals surface area (Å²) in [4.78, 5) is 24.3. The van der Waals surface area contributed by atoms with Gasteiger partial charge in [-0.1, -0.05) is 18.6 Å². The average Bonchev–Trinajstić information content (AvgIpc) is 3.31. The van der Waals surface area contributed by atoms with Crippen molar-refractivity contribution in [2.45, 2.75) is 62.9 Å². The molecule has 8 atom stereocenters. The summed E-state index contributed by atoms with van der Waals surface area (Å²) in [5.74, 6) is -0.708. The molecule has 3 saturated carbocycles. The lowest BCUT2D eigenvalue weighted by Gasteiger charge is -2.55. The molecule has 6 nitrogen and oxygen atoms in total. The fraction of sp³-hybridized carbons (Fsp3) is 0.714. The van der Waals surface area contributed by atoms with Crippen molar-refractivity contribution < 1.29 is 29.6 Å². The molecule has 4 aliphatic carbocycles. The molecule has 4 fully saturated rings. The number of hydrogen-bond donors (Lipinski definition) is 3. The van der Waals surface area contributed by atoms with Crippen LogP contribution in [0.25, 0.3) is 0 Å². The predicted octanol–water partition coefficient (Wildman–Crippen LogP) is 0.689. The van der Waals surface area contributed by atoms with Gasteiger partial charge < -0.3 is 20.1 Å². The molecule has 3 unspecified atom stereocenters. The molecule has 0 aromatic carbocycles. The number of ketones is 2. The van der Waals surface area contributed by atoms with Crippen molar-refractivity contribution >= 4 is 11.6 Å². The maximum Gasteiger partial charge on any atom is 0.192 e. The van der Waals surface area contributed by atoms with E-state index in [0.717, 1.165) is 18.4 Å². The highest BCUT2D eigenvalue weighted by Gasteiger charge is 2.82. The highest BCUT2D eigenvalue weighted by Crippen LogP contribution is 2.75. The Morgan fingerprint density at radius 2 is 2.07 bits per heavy atom. The number of hydrogen-bond acceptors (Lipinski definition) is 6. The van der Waals surface area contributed by atoms with Crippen LogP contribution in [0.3, 0.4) is 0 Å². The number of allylic oxidation sites excluding steroid dienone is 2. The number of carbonyl (C=O) groups excluding carboxylic acids is 2. The van der Waals surface area contributed by atoms with Crippen LogP contribution in [0.5, 0.6) is 0 Å². The van der Waals surface area contributed by atoms with Crippen LogP contribution in [0.1, 0.15) is 39.5 Å². The van der Waals surface area contributed by atoms with Crippen LogP contribution in [-0.2, 0) is 14.3 Å². The molecule has 27 heavy (non-hydrogen) atoms. The molecule has 0 aromatic rings. The van der Waals surface area contributed by atoms with Gasteiger partial charge >= 0.3 is 0 Å². The van der Waals surface area contributed by atoms with E-state index < -0.39 is 35.1 Å². The van der Waals surface area contributed by atoms with E-state index >= 15 is 0 Å². The van der Waals surface area contributed by atoms with E-state index in [-0.39, 0.29) is 29.1 Å². The molecule has 0 bridgehead atoms. The molecule has 1 spiro atoms. The Hall–Kier alpha value is -1.34. The summed E-state index contributed by atoms with van der Waals surface area (Å²) in [6, 6.07) is 0. The van der Waals surface area contributed by atoms with E-state index in [1.807, 2.05) is 13.0 Å². The van der Waals surface area contributed by atoms with E-state index in [2.05, 4.69) is 6.92 Å². The van der Waals surface area contributed by atoms with Gasteiger partial charge in [0, 0.05) is 10.8 Å². The first-order valence-corrected chi connectivity index (χ1v) is 9.82. The lowest BCUT2D eigenvalue weighted by molar-refractivity contribution is -0.173. The topological polar surface area (TPSA) is 107 Å². The number of ether oxygens (including phenoxy) is 1. The van der Waals surface area contributed by atoms with Crippen LogP contribution in [0, 0.1) is 22.7 Å². The first kappa shape index (κ1) is 17.7. The molecule has 5 aliphatic rings. The first-order chi connectivity index (χ1) is 12.6. The summed E-state index contributed by atoms with van der Waals surface area (Å²) in [5, 5.41) is 31.3. The Balaban J connectivity index is 1.60. The van der Waals surface area contributed by atoms with E-state index in [0.29, 0.717) is 12.8 Å². The number of fused-ring (bicyclic) bond motifs is 3. The van der Waals surface area contributed by atoms with Crippen LogP contribution in [0.15, 0.2) is 23.8 Å². The van der Waals surface area contributed by atoms with Crippen LogP contribution < -0.4 is 0 Å². The van der Waals surface area contributed by atoms with Crippen molar-refractivity contribution in [2.75, 3.05) is 6.61 Å². The zero-order chi connectivity index (χ0) is 19.4. The van der Waals surface area contributed by atoms with Crippen LogP contribution in [0.4, 0.5) is 0 Å². The fourth-order valence-electron chi connectivity index (χ4n) is 7.29. The van der Waals surface area contributed by atoms with Gasteiger partial charge in [-0.15, -0.1) is 0 Å². The summed E-state index contributed by atoms with van der Waals surface area (Å²) in [6.07, 6.45) is 6.33. The number of aliphatic hydroxyl groups excluding tert-OH is 2. The molecular formula is C21H26O6. The van der Waals surface area contributed by atoms with Crippen molar-refractivity contribution in [3.63, 3.8) is 0 Å². The summed E-state index contributed by atoms with van der Waals surface area (Å²) >= 11 is 0. The summed E-state index contributed by atoms with van der Waals surface area (Å²) < 4.78 is 6.35. The summed E-state index contributed by atoms with van der Waals surface area (Å²) in [5.41, 5.74) is -2.50. The molecule has 0 amide bonds. The summed E-state index contributed by atoms with van der Waals surface area (Å²) in [7, 11) is 0. The number of epoxide rings is 1. The van der Waals surface area contributed by atoms with Crippen molar-refractivity contribution in [3.8, 4) is 0 Å². The number of aliphatic hydroxyl groups is 3. The van der Waals surface area contributed by atoms with Gasteiger partial charge in [0.15, 0.2) is 17.2 Å². The van der Waals surface area contributed by atoms with Gasteiger partial charge in [-0.25, -0.2) is 0 Å². The Kier molecular flexibility index (Phi) is 3.27. The average molecular weight is 374 g/mol. The van der Waals surface area contributed by atoms with Gasteiger partial charge in [0.1, 0.15) is 12.2 Å². The van der Waals surface area contributed by atoms with Gasteiger partial charge in [0.05, 0.1) is 12.2 Å². The van der Waals surface area contributed by atoms with Crippen molar-refractivity contribution in [3.05, 3.63) is 23.8 Å². The van der Waals surface area contributed by atoms with Crippen LogP contribution in [-0.4, -0.2) is 56.9 Å². The minimum Gasteiger partial charge on any atom is -0.390 e. The largest absolute Gasteiger partial charge is 0.390 e. The minimum absolute atomic E-state index is 0.00868. The van der Waals surface area contributed by atoms with Crippen molar-refractivity contribution in [1.82, 2.24) is 0 Å². The standard InChI is InChI=1S/C21H26O6/c1-18-6-5-12(23)7-11(18)3-4-13-14-8-15(24)20(26,16(25)10-22)19(14,2)9-17-21(13,18)27-17/h5-7,13-15,17,22,24,26H,3-4,8-10H2,1-2H3/t13?,14-,15+,17?,18-,19-,20-,21?/m0/s1. The molecule has 0 aromatic heterocycles. The molecule has 1 heterocycles. The maximum absolute atomic E-state index is 12.5. The quantitative estimate of drug-likeness (QED) is 0.614. The second kappa shape index (κ2) is 4.98. The first-order valence-electron chi connectivity index (χ1n) is 9.82. The molecule has 6 heteroatoms. The molecule has 1 saturated heterocycles. The molecule has 0 radical (unpaired) electrons. The summed E-state index contributed by atoms with van der Waals surface area (Å²) in [6.45, 7) is 3.20. The lowest BCUT2D eigenvalue weighted by atomic mass is 9.47. The highest BCUT2D eigenvalue weighted by atomic mass is 16.6. The van der Waals surface area contributed by atoms with Gasteiger partial charge in [-0.2, -0.15) is 0 Å². The second-order valence-corrected chi connectivity index (χ2v) is 9.48. The van der Waals surface area contributed by atoms with Crippen molar-refractivity contribution in [2.24, 2.45) is 22.7 Å². The van der Waals surface area contributed by atoms with E-state index in [4.69, 9.17) is 4.74 Å². The minimum atomic E-state index is -1.94. The second-order valence-electron chi connectivity index (χ2n) is 9.48. The van der Waals surface area contributed by atoms with Crippen LogP contribution >= 0.6 is 0 Å². The third-order valence-electron chi connectivity index (χ3n) is 8.72. The maximum atomic E-state index is 12.5. The Morgan fingerprint density at radius 1 is 1.33 bits per heavy atom. The molecule has 5 rings (SSSR count). The predicted molar refractivity (Wildman–Crippen MR) is 94.5 cm³/mol. The van der Waals surface area contributed by atoms with Gasteiger partial charge in [0.2, 0.25) is 0 Å². The van der Waals surface area contributed by atoms with E-state index in [1.165, 1.54) is 0 Å². The molecule has 3 N–H and O–H groups in total. The van der Waals surface area contributed by atoms with Gasteiger partial charge in [-0.05, 0) is 56.6 Å². The third-order valence-corrected chi connectivity index (χ3v) is 8.72. The number of carbonyl (C=O) groups is 2. The Morgan fingerprint density at radius 3 is 2.78 bits per heavy atom. The molecule has 146 valence electrons. The SMILES string of the molecule is C[C@]12C=CC(=O)C=C1CCC1[C@@H]3C[C@@H](O)[C@](O)(C(=O)CO)[C@@]3(C)CC3OC312. The Labute approximate surface area is 157 Å². The highest BCUT2D eigenvalue weighted by molar-refractivity contribution is 6.01. The molecular weight excluding hydrogens is 348 g/mol. The van der Waals surface area contributed by atoms with E-state index in [9.17, 15) is 24.9 Å². The zero-order valence-corrected chi connectivity index (χ0v) is 15.6. The van der Waals surface area contributed by atoms with Gasteiger partial charge in [-0.3, -0.25) is 9.59 Å². The smallest absolute Gasteiger partial charge is 0.192 e. The zero-order valence-electron chi connectivity index (χ0n) is 15.6. The lowest BCUT2D eigenvalue weighted by Crippen LogP contribution is -2.63. The fourth-order valence-corrected chi connectivity index (χ4v) is 7.29. The molecule has 1 aliphatic heterocycles.